The molecule has 2 N–H and O–H groups in total. The molecule has 4 nitrogen and oxygen atoms in total. The Morgan fingerprint density at radius 3 is 2.29 bits per heavy atom. The molecule has 1 fully saturated rings. The number of carbonyl (C=O) groups excluding carboxylic acids is 1. The molecule has 4 rings (SSSR count). The van der Waals surface area contributed by atoms with Crippen molar-refractivity contribution in [3.63, 3.8) is 0 Å². The summed E-state index contributed by atoms with van der Waals surface area (Å²) in [5.74, 6) is 0.207. The molecule has 1 aromatic heterocycles. The van der Waals surface area contributed by atoms with Gasteiger partial charge in [0.1, 0.15) is 0 Å². The first-order valence-electron chi connectivity index (χ1n) is 9.72. The number of benzene rings is 2. The van der Waals surface area contributed by atoms with Crippen LogP contribution in [0.5, 0.6) is 0 Å². The number of hydrogen-bond donors (Lipinski definition) is 2. The van der Waals surface area contributed by atoms with Gasteiger partial charge in [-0.2, -0.15) is 0 Å². The van der Waals surface area contributed by atoms with E-state index in [9.17, 15) is 9.90 Å². The third kappa shape index (κ3) is 4.29. The van der Waals surface area contributed by atoms with Crippen LogP contribution < -0.4 is 5.32 Å². The highest BCUT2D eigenvalue weighted by Crippen LogP contribution is 2.37. The molecular formula is C24H24N2O2. The van der Waals surface area contributed by atoms with E-state index < -0.39 is 0 Å². The van der Waals surface area contributed by atoms with Crippen molar-refractivity contribution in [3.8, 4) is 11.1 Å². The van der Waals surface area contributed by atoms with Gasteiger partial charge in [-0.1, -0.05) is 60.7 Å². The molecule has 0 bridgehead atoms. The Morgan fingerprint density at radius 2 is 1.64 bits per heavy atom. The number of amides is 1. The summed E-state index contributed by atoms with van der Waals surface area (Å²) in [7, 11) is 0. The Hall–Kier alpha value is -2.98. The number of aliphatic hydroxyl groups excluding tert-OH is 1. The van der Waals surface area contributed by atoms with Crippen molar-refractivity contribution in [1.29, 1.82) is 0 Å². The highest BCUT2D eigenvalue weighted by Gasteiger charge is 2.36. The SMILES string of the molecule is O=C(Cc1ccc(-c2ccccc2)cc1)NC(c1ccccn1)C1CC(O)C1. The molecule has 2 aromatic carbocycles. The van der Waals surface area contributed by atoms with E-state index in [4.69, 9.17) is 0 Å². The number of nitrogens with zero attached hydrogens (tertiary/aromatic N) is 1. The normalized spacial score (nSPS) is 19.5. The van der Waals surface area contributed by atoms with Gasteiger partial charge in [-0.3, -0.25) is 9.78 Å². The molecule has 28 heavy (non-hydrogen) atoms. The van der Waals surface area contributed by atoms with E-state index >= 15 is 0 Å². The van der Waals surface area contributed by atoms with Crippen molar-refractivity contribution in [1.82, 2.24) is 10.3 Å². The summed E-state index contributed by atoms with van der Waals surface area (Å²) in [5, 5.41) is 12.8. The fourth-order valence-corrected chi connectivity index (χ4v) is 3.75. The molecule has 1 aliphatic rings. The van der Waals surface area contributed by atoms with E-state index in [0.717, 1.165) is 22.4 Å². The van der Waals surface area contributed by atoms with E-state index in [1.807, 2.05) is 48.5 Å². The Morgan fingerprint density at radius 1 is 0.964 bits per heavy atom. The number of pyridine rings is 1. The standard InChI is InChI=1S/C24H24N2O2/c27-21-15-20(16-21)24(22-8-4-5-13-25-22)26-23(28)14-17-9-11-19(12-10-17)18-6-2-1-3-7-18/h1-13,20-21,24,27H,14-16H2,(H,26,28). The fourth-order valence-electron chi connectivity index (χ4n) is 3.75. The largest absolute Gasteiger partial charge is 0.393 e. The summed E-state index contributed by atoms with van der Waals surface area (Å²) in [6, 6.07) is 23.9. The van der Waals surface area contributed by atoms with Gasteiger partial charge in [0, 0.05) is 6.20 Å². The summed E-state index contributed by atoms with van der Waals surface area (Å²) >= 11 is 0. The van der Waals surface area contributed by atoms with Crippen LogP contribution in [0.15, 0.2) is 79.0 Å². The van der Waals surface area contributed by atoms with Crippen LogP contribution in [0.1, 0.15) is 30.1 Å². The Bertz CT molecular complexity index is 904. The lowest BCUT2D eigenvalue weighted by molar-refractivity contribution is -0.122. The van der Waals surface area contributed by atoms with Crippen LogP contribution in [0.4, 0.5) is 0 Å². The van der Waals surface area contributed by atoms with Crippen molar-refractivity contribution in [2.45, 2.75) is 31.4 Å². The van der Waals surface area contributed by atoms with Crippen LogP contribution in [0, 0.1) is 5.92 Å². The zero-order valence-corrected chi connectivity index (χ0v) is 15.7. The third-order valence-electron chi connectivity index (χ3n) is 5.37. The summed E-state index contributed by atoms with van der Waals surface area (Å²) in [6.07, 6.45) is 3.21. The summed E-state index contributed by atoms with van der Waals surface area (Å²) in [5.41, 5.74) is 4.13. The number of aliphatic hydroxyl groups is 1. The van der Waals surface area contributed by atoms with Crippen molar-refractivity contribution < 1.29 is 9.90 Å². The fraction of sp³-hybridized carbons (Fsp3) is 0.250. The van der Waals surface area contributed by atoms with Crippen LogP contribution in [0.2, 0.25) is 0 Å². The van der Waals surface area contributed by atoms with Gasteiger partial charge in [0.05, 0.1) is 24.3 Å². The van der Waals surface area contributed by atoms with Gasteiger partial charge in [-0.05, 0) is 47.6 Å². The number of rotatable bonds is 6. The lowest BCUT2D eigenvalue weighted by Gasteiger charge is -2.37. The van der Waals surface area contributed by atoms with Gasteiger partial charge < -0.3 is 10.4 Å². The molecule has 1 heterocycles. The predicted octanol–water partition coefficient (Wildman–Crippen LogP) is 3.92. The smallest absolute Gasteiger partial charge is 0.224 e. The minimum absolute atomic E-state index is 0.0236. The second-order valence-electron chi connectivity index (χ2n) is 7.42. The van der Waals surface area contributed by atoms with Crippen molar-refractivity contribution in [3.05, 3.63) is 90.3 Å². The average Bonchev–Trinajstić information content (AvgIpc) is 2.72. The molecular weight excluding hydrogens is 348 g/mol. The van der Waals surface area contributed by atoms with Gasteiger partial charge in [0.25, 0.3) is 0 Å². The second-order valence-corrected chi connectivity index (χ2v) is 7.42. The predicted molar refractivity (Wildman–Crippen MR) is 109 cm³/mol. The zero-order chi connectivity index (χ0) is 19.3. The monoisotopic (exact) mass is 372 g/mol. The molecule has 1 saturated carbocycles. The number of carbonyl (C=O) groups is 1. The lowest BCUT2D eigenvalue weighted by Crippen LogP contribution is -2.42. The molecule has 0 radical (unpaired) electrons. The topological polar surface area (TPSA) is 62.2 Å². The van der Waals surface area contributed by atoms with Crippen molar-refractivity contribution in [2.24, 2.45) is 5.92 Å². The van der Waals surface area contributed by atoms with Crippen LogP contribution in [-0.4, -0.2) is 22.1 Å². The Balaban J connectivity index is 1.42. The molecule has 0 spiro atoms. The molecule has 1 amide bonds. The van der Waals surface area contributed by atoms with E-state index in [0.29, 0.717) is 19.3 Å². The average molecular weight is 372 g/mol. The molecule has 1 aliphatic carbocycles. The quantitative estimate of drug-likeness (QED) is 0.689. The summed E-state index contributed by atoms with van der Waals surface area (Å²) in [6.45, 7) is 0. The lowest BCUT2D eigenvalue weighted by atomic mass is 9.76. The highest BCUT2D eigenvalue weighted by molar-refractivity contribution is 5.79. The first-order valence-corrected chi connectivity index (χ1v) is 9.72. The molecule has 0 saturated heterocycles. The zero-order valence-electron chi connectivity index (χ0n) is 15.7. The van der Waals surface area contributed by atoms with Crippen LogP contribution in [0.3, 0.4) is 0 Å². The van der Waals surface area contributed by atoms with E-state index in [1.165, 1.54) is 0 Å². The number of nitrogens with one attached hydrogen (secondary N) is 1. The molecule has 1 unspecified atom stereocenters. The Kier molecular flexibility index (Phi) is 5.49. The highest BCUT2D eigenvalue weighted by atomic mass is 16.3. The minimum Gasteiger partial charge on any atom is -0.393 e. The maximum atomic E-state index is 12.7. The van der Waals surface area contributed by atoms with Crippen LogP contribution in [-0.2, 0) is 11.2 Å². The van der Waals surface area contributed by atoms with Gasteiger partial charge in [0.2, 0.25) is 5.91 Å². The number of hydrogen-bond acceptors (Lipinski definition) is 3. The van der Waals surface area contributed by atoms with Crippen LogP contribution >= 0.6 is 0 Å². The first-order chi connectivity index (χ1) is 13.7. The van der Waals surface area contributed by atoms with E-state index in [-0.39, 0.29) is 24.0 Å². The van der Waals surface area contributed by atoms with Gasteiger partial charge >= 0.3 is 0 Å². The summed E-state index contributed by atoms with van der Waals surface area (Å²) < 4.78 is 0. The van der Waals surface area contributed by atoms with Crippen LogP contribution in [0.25, 0.3) is 11.1 Å². The first kappa shape index (κ1) is 18.4. The summed E-state index contributed by atoms with van der Waals surface area (Å²) in [4.78, 5) is 17.1. The van der Waals surface area contributed by atoms with Gasteiger partial charge in [-0.15, -0.1) is 0 Å². The third-order valence-corrected chi connectivity index (χ3v) is 5.37. The maximum absolute atomic E-state index is 12.7. The van der Waals surface area contributed by atoms with Gasteiger partial charge in [-0.25, -0.2) is 0 Å². The minimum atomic E-state index is -0.265. The Labute approximate surface area is 165 Å². The van der Waals surface area contributed by atoms with Gasteiger partial charge in [0.15, 0.2) is 0 Å². The van der Waals surface area contributed by atoms with Crippen molar-refractivity contribution >= 4 is 5.91 Å². The maximum Gasteiger partial charge on any atom is 0.224 e. The molecule has 0 aliphatic heterocycles. The molecule has 3 aromatic rings. The van der Waals surface area contributed by atoms with Crippen molar-refractivity contribution in [2.75, 3.05) is 0 Å². The molecule has 142 valence electrons. The second kappa shape index (κ2) is 8.36. The molecule has 1 atom stereocenters. The molecule has 4 heteroatoms. The van der Waals surface area contributed by atoms with E-state index in [2.05, 4.69) is 34.6 Å². The number of aromatic nitrogens is 1. The van der Waals surface area contributed by atoms with E-state index in [1.54, 1.807) is 6.20 Å².